The van der Waals surface area contributed by atoms with E-state index in [-0.39, 0.29) is 11.7 Å². The van der Waals surface area contributed by atoms with Crippen LogP contribution < -0.4 is 10.1 Å². The third kappa shape index (κ3) is 3.45. The van der Waals surface area contributed by atoms with Crippen LogP contribution in [0, 0.1) is 0 Å². The highest BCUT2D eigenvalue weighted by Crippen LogP contribution is 2.31. The van der Waals surface area contributed by atoms with Crippen molar-refractivity contribution in [2.24, 2.45) is 0 Å². The molecule has 0 saturated carbocycles. The SMILES string of the molecule is C[C@@H](Oc1cccc2c1CCC2=O)C(=O)Nc1cccc(Br)c1. The predicted molar refractivity (Wildman–Crippen MR) is 92.0 cm³/mol. The number of benzene rings is 2. The van der Waals surface area contributed by atoms with Crippen LogP contribution in [0.15, 0.2) is 46.9 Å². The zero-order valence-electron chi connectivity index (χ0n) is 12.6. The Morgan fingerprint density at radius 3 is 2.78 bits per heavy atom. The van der Waals surface area contributed by atoms with Crippen LogP contribution >= 0.6 is 15.9 Å². The van der Waals surface area contributed by atoms with Crippen molar-refractivity contribution in [1.82, 2.24) is 0 Å². The van der Waals surface area contributed by atoms with Gasteiger partial charge in [0.2, 0.25) is 0 Å². The Bertz CT molecular complexity index is 773. The Kier molecular flexibility index (Phi) is 4.48. The molecule has 1 aliphatic rings. The average molecular weight is 374 g/mol. The van der Waals surface area contributed by atoms with Gasteiger partial charge in [-0.05, 0) is 37.6 Å². The van der Waals surface area contributed by atoms with E-state index in [1.54, 1.807) is 19.1 Å². The molecule has 1 aliphatic carbocycles. The van der Waals surface area contributed by atoms with Gasteiger partial charge in [0.25, 0.3) is 5.91 Å². The molecule has 118 valence electrons. The summed E-state index contributed by atoms with van der Waals surface area (Å²) in [5.74, 6) is 0.520. The van der Waals surface area contributed by atoms with Crippen molar-refractivity contribution in [2.75, 3.05) is 5.32 Å². The standard InChI is InChI=1S/C18H16BrNO3/c1-11(18(22)20-13-5-2-4-12(19)10-13)23-17-7-3-6-14-15(17)8-9-16(14)21/h2-7,10-11H,8-9H2,1H3,(H,20,22)/t11-/m1/s1. The largest absolute Gasteiger partial charge is 0.481 e. The first-order valence-corrected chi connectivity index (χ1v) is 8.22. The number of rotatable bonds is 4. The molecule has 5 heteroatoms. The van der Waals surface area contributed by atoms with Gasteiger partial charge in [-0.1, -0.05) is 34.1 Å². The van der Waals surface area contributed by atoms with Gasteiger partial charge in [-0.25, -0.2) is 0 Å². The highest BCUT2D eigenvalue weighted by molar-refractivity contribution is 9.10. The molecule has 0 unspecified atom stereocenters. The van der Waals surface area contributed by atoms with Crippen LogP contribution in [0.3, 0.4) is 0 Å². The minimum Gasteiger partial charge on any atom is -0.481 e. The third-order valence-corrected chi connectivity index (χ3v) is 4.29. The van der Waals surface area contributed by atoms with Crippen LogP contribution in [0.25, 0.3) is 0 Å². The molecular weight excluding hydrogens is 358 g/mol. The van der Waals surface area contributed by atoms with E-state index in [0.29, 0.717) is 29.8 Å². The average Bonchev–Trinajstić information content (AvgIpc) is 2.90. The summed E-state index contributed by atoms with van der Waals surface area (Å²) in [6.07, 6.45) is 0.523. The monoisotopic (exact) mass is 373 g/mol. The van der Waals surface area contributed by atoms with Crippen molar-refractivity contribution in [3.8, 4) is 5.75 Å². The number of ether oxygens (including phenoxy) is 1. The number of fused-ring (bicyclic) bond motifs is 1. The lowest BCUT2D eigenvalue weighted by molar-refractivity contribution is -0.122. The van der Waals surface area contributed by atoms with Gasteiger partial charge in [-0.2, -0.15) is 0 Å². The van der Waals surface area contributed by atoms with Crippen LogP contribution in [0.1, 0.15) is 29.3 Å². The van der Waals surface area contributed by atoms with Crippen molar-refractivity contribution in [3.63, 3.8) is 0 Å². The third-order valence-electron chi connectivity index (χ3n) is 3.80. The van der Waals surface area contributed by atoms with E-state index in [9.17, 15) is 9.59 Å². The number of nitrogens with one attached hydrogen (secondary N) is 1. The Balaban J connectivity index is 1.71. The number of ketones is 1. The van der Waals surface area contributed by atoms with E-state index in [2.05, 4.69) is 21.2 Å². The van der Waals surface area contributed by atoms with Crippen molar-refractivity contribution < 1.29 is 14.3 Å². The van der Waals surface area contributed by atoms with Gasteiger partial charge in [0, 0.05) is 27.7 Å². The maximum atomic E-state index is 12.3. The van der Waals surface area contributed by atoms with E-state index < -0.39 is 6.10 Å². The highest BCUT2D eigenvalue weighted by Gasteiger charge is 2.24. The molecule has 0 radical (unpaired) electrons. The first kappa shape index (κ1) is 15.7. The first-order chi connectivity index (χ1) is 11.0. The van der Waals surface area contributed by atoms with Crippen molar-refractivity contribution in [3.05, 3.63) is 58.1 Å². The molecule has 0 heterocycles. The molecule has 0 saturated heterocycles. The molecule has 2 aromatic carbocycles. The summed E-state index contributed by atoms with van der Waals surface area (Å²) in [5, 5.41) is 2.82. The van der Waals surface area contributed by atoms with Crippen molar-refractivity contribution in [1.29, 1.82) is 0 Å². The molecule has 0 fully saturated rings. The molecule has 4 nitrogen and oxygen atoms in total. The molecule has 0 spiro atoms. The number of carbonyl (C=O) groups excluding carboxylic acids is 2. The number of halogens is 1. The van der Waals surface area contributed by atoms with Gasteiger partial charge in [-0.3, -0.25) is 9.59 Å². The predicted octanol–water partition coefficient (Wildman–Crippen LogP) is 3.98. The van der Waals surface area contributed by atoms with Crippen LogP contribution in [0.5, 0.6) is 5.75 Å². The number of Topliss-reactive ketones (excluding diaryl/α,β-unsaturated/α-hetero) is 1. The Hall–Kier alpha value is -2.14. The summed E-state index contributed by atoms with van der Waals surface area (Å²) in [6.45, 7) is 1.70. The number of amides is 1. The van der Waals surface area contributed by atoms with E-state index in [0.717, 1.165) is 10.0 Å². The minimum atomic E-state index is -0.656. The van der Waals surface area contributed by atoms with Crippen LogP contribution in [0.2, 0.25) is 0 Å². The number of hydrogen-bond acceptors (Lipinski definition) is 3. The second-order valence-corrected chi connectivity index (χ2v) is 6.38. The summed E-state index contributed by atoms with van der Waals surface area (Å²) < 4.78 is 6.69. The molecule has 0 aromatic heterocycles. The number of carbonyl (C=O) groups is 2. The molecule has 23 heavy (non-hydrogen) atoms. The van der Waals surface area contributed by atoms with E-state index in [1.165, 1.54) is 0 Å². The van der Waals surface area contributed by atoms with Gasteiger partial charge < -0.3 is 10.1 Å². The maximum Gasteiger partial charge on any atom is 0.265 e. The number of hydrogen-bond donors (Lipinski definition) is 1. The second-order valence-electron chi connectivity index (χ2n) is 5.47. The Morgan fingerprint density at radius 1 is 1.22 bits per heavy atom. The summed E-state index contributed by atoms with van der Waals surface area (Å²) in [5.41, 5.74) is 2.31. The fourth-order valence-corrected chi connectivity index (χ4v) is 3.02. The summed E-state index contributed by atoms with van der Waals surface area (Å²) in [4.78, 5) is 24.0. The molecule has 0 aliphatic heterocycles. The number of anilines is 1. The fourth-order valence-electron chi connectivity index (χ4n) is 2.62. The lowest BCUT2D eigenvalue weighted by Crippen LogP contribution is -2.30. The normalized spacial score (nSPS) is 14.3. The smallest absolute Gasteiger partial charge is 0.265 e. The van der Waals surface area contributed by atoms with E-state index >= 15 is 0 Å². The van der Waals surface area contributed by atoms with E-state index in [1.807, 2.05) is 30.3 Å². The van der Waals surface area contributed by atoms with Crippen LogP contribution in [-0.2, 0) is 11.2 Å². The van der Waals surface area contributed by atoms with Crippen molar-refractivity contribution in [2.45, 2.75) is 25.9 Å². The summed E-state index contributed by atoms with van der Waals surface area (Å²) in [7, 11) is 0. The topological polar surface area (TPSA) is 55.4 Å². The maximum absolute atomic E-state index is 12.3. The lowest BCUT2D eigenvalue weighted by Gasteiger charge is -2.17. The fraction of sp³-hybridized carbons (Fsp3) is 0.222. The minimum absolute atomic E-state index is 0.136. The molecule has 1 amide bonds. The Morgan fingerprint density at radius 2 is 2.00 bits per heavy atom. The van der Waals surface area contributed by atoms with Gasteiger partial charge >= 0.3 is 0 Å². The molecule has 0 bridgehead atoms. The Labute approximate surface area is 143 Å². The quantitative estimate of drug-likeness (QED) is 0.881. The molecule has 1 N–H and O–H groups in total. The van der Waals surface area contributed by atoms with Gasteiger partial charge in [-0.15, -0.1) is 0 Å². The lowest BCUT2D eigenvalue weighted by atomic mass is 10.1. The van der Waals surface area contributed by atoms with Crippen LogP contribution in [0.4, 0.5) is 5.69 Å². The van der Waals surface area contributed by atoms with Crippen LogP contribution in [-0.4, -0.2) is 17.8 Å². The summed E-state index contributed by atoms with van der Waals surface area (Å²) in [6, 6.07) is 12.8. The second kappa shape index (κ2) is 6.54. The zero-order valence-corrected chi connectivity index (χ0v) is 14.2. The van der Waals surface area contributed by atoms with Gasteiger partial charge in [0.05, 0.1) is 0 Å². The first-order valence-electron chi connectivity index (χ1n) is 7.43. The molecular formula is C18H16BrNO3. The van der Waals surface area contributed by atoms with Crippen molar-refractivity contribution >= 4 is 33.3 Å². The van der Waals surface area contributed by atoms with Gasteiger partial charge in [0.15, 0.2) is 11.9 Å². The highest BCUT2D eigenvalue weighted by atomic mass is 79.9. The van der Waals surface area contributed by atoms with Gasteiger partial charge in [0.1, 0.15) is 5.75 Å². The molecule has 2 aromatic rings. The summed E-state index contributed by atoms with van der Waals surface area (Å²) >= 11 is 3.37. The molecule has 1 atom stereocenters. The van der Waals surface area contributed by atoms with E-state index in [4.69, 9.17) is 4.74 Å². The zero-order chi connectivity index (χ0) is 16.4. The molecule has 3 rings (SSSR count).